The fourth-order valence-corrected chi connectivity index (χ4v) is 3.15. The monoisotopic (exact) mass is 319 g/mol. The number of anilines is 1. The molecule has 2 aromatic rings. The molecule has 0 bridgehead atoms. The maximum absolute atomic E-state index is 12.7. The summed E-state index contributed by atoms with van der Waals surface area (Å²) in [6, 6.07) is 7.63. The van der Waals surface area contributed by atoms with Crippen LogP contribution in [-0.4, -0.2) is 49.8 Å². The van der Waals surface area contributed by atoms with Crippen LogP contribution in [0.1, 0.15) is 27.0 Å². The van der Waals surface area contributed by atoms with Crippen LogP contribution in [0.3, 0.4) is 0 Å². The van der Waals surface area contributed by atoms with E-state index < -0.39 is 0 Å². The SMILES string of the molecule is [B]c1ccc(C(=O)N2CCN(c3ncc(C)cc3C)CC2)cc1C. The van der Waals surface area contributed by atoms with Crippen molar-refractivity contribution in [3.63, 3.8) is 0 Å². The Bertz CT molecular complexity index is 767. The summed E-state index contributed by atoms with van der Waals surface area (Å²) in [7, 11) is 5.84. The van der Waals surface area contributed by atoms with E-state index >= 15 is 0 Å². The average Bonchev–Trinajstić information content (AvgIpc) is 2.57. The number of piperazine rings is 1. The van der Waals surface area contributed by atoms with Gasteiger partial charge in [-0.05, 0) is 38.0 Å². The van der Waals surface area contributed by atoms with E-state index in [1.807, 2.05) is 30.2 Å². The Labute approximate surface area is 144 Å². The zero-order chi connectivity index (χ0) is 17.3. The lowest BCUT2D eigenvalue weighted by Gasteiger charge is -2.36. The molecule has 2 heterocycles. The number of aryl methyl sites for hydroxylation is 3. The quantitative estimate of drug-likeness (QED) is 0.792. The topological polar surface area (TPSA) is 36.4 Å². The molecule has 0 unspecified atom stereocenters. The van der Waals surface area contributed by atoms with Gasteiger partial charge in [0.05, 0.1) is 0 Å². The van der Waals surface area contributed by atoms with Crippen molar-refractivity contribution in [3.8, 4) is 0 Å². The van der Waals surface area contributed by atoms with Crippen LogP contribution >= 0.6 is 0 Å². The highest BCUT2D eigenvalue weighted by Crippen LogP contribution is 2.20. The van der Waals surface area contributed by atoms with Gasteiger partial charge in [0.2, 0.25) is 0 Å². The summed E-state index contributed by atoms with van der Waals surface area (Å²) >= 11 is 0. The lowest BCUT2D eigenvalue weighted by Crippen LogP contribution is -2.49. The van der Waals surface area contributed by atoms with Crippen LogP contribution in [0.15, 0.2) is 30.5 Å². The summed E-state index contributed by atoms with van der Waals surface area (Å²) < 4.78 is 0. The van der Waals surface area contributed by atoms with Gasteiger partial charge >= 0.3 is 0 Å². The van der Waals surface area contributed by atoms with Gasteiger partial charge in [0, 0.05) is 37.9 Å². The molecular formula is C19H22BN3O. The van der Waals surface area contributed by atoms with Gasteiger partial charge < -0.3 is 9.80 Å². The van der Waals surface area contributed by atoms with Crippen LogP contribution in [-0.2, 0) is 0 Å². The molecule has 122 valence electrons. The summed E-state index contributed by atoms with van der Waals surface area (Å²) in [6.07, 6.45) is 1.90. The molecule has 0 saturated carbocycles. The molecule has 0 spiro atoms. The molecule has 1 aromatic carbocycles. The second kappa shape index (κ2) is 6.67. The average molecular weight is 319 g/mol. The van der Waals surface area contributed by atoms with E-state index in [0.717, 1.165) is 29.9 Å². The third-order valence-corrected chi connectivity index (χ3v) is 4.57. The number of benzene rings is 1. The first-order valence-electron chi connectivity index (χ1n) is 8.29. The fraction of sp³-hybridized carbons (Fsp3) is 0.368. The van der Waals surface area contributed by atoms with Crippen molar-refractivity contribution in [2.24, 2.45) is 0 Å². The number of carbonyl (C=O) groups excluding carboxylic acids is 1. The third-order valence-electron chi connectivity index (χ3n) is 4.57. The first-order chi connectivity index (χ1) is 11.5. The smallest absolute Gasteiger partial charge is 0.253 e. The molecule has 1 aliphatic rings. The van der Waals surface area contributed by atoms with Gasteiger partial charge in [0.1, 0.15) is 13.7 Å². The van der Waals surface area contributed by atoms with E-state index in [1.54, 1.807) is 6.07 Å². The van der Waals surface area contributed by atoms with Crippen molar-refractivity contribution in [1.29, 1.82) is 0 Å². The van der Waals surface area contributed by atoms with Crippen LogP contribution in [0.5, 0.6) is 0 Å². The molecule has 24 heavy (non-hydrogen) atoms. The zero-order valence-electron chi connectivity index (χ0n) is 14.5. The highest BCUT2D eigenvalue weighted by atomic mass is 16.2. The van der Waals surface area contributed by atoms with Crippen molar-refractivity contribution < 1.29 is 4.79 Å². The van der Waals surface area contributed by atoms with Crippen molar-refractivity contribution >= 4 is 25.0 Å². The molecule has 4 nitrogen and oxygen atoms in total. The predicted molar refractivity (Wildman–Crippen MR) is 98.4 cm³/mol. The molecule has 1 saturated heterocycles. The van der Waals surface area contributed by atoms with Gasteiger partial charge in [-0.3, -0.25) is 4.79 Å². The van der Waals surface area contributed by atoms with E-state index in [4.69, 9.17) is 7.85 Å². The van der Waals surface area contributed by atoms with Gasteiger partial charge in [-0.15, -0.1) is 0 Å². The number of amides is 1. The van der Waals surface area contributed by atoms with Gasteiger partial charge in [-0.1, -0.05) is 29.2 Å². The second-order valence-corrected chi connectivity index (χ2v) is 6.50. The number of aromatic nitrogens is 1. The summed E-state index contributed by atoms with van der Waals surface area (Å²) in [5.74, 6) is 1.10. The Morgan fingerprint density at radius 2 is 1.75 bits per heavy atom. The van der Waals surface area contributed by atoms with Crippen LogP contribution in [0.25, 0.3) is 0 Å². The molecule has 1 aliphatic heterocycles. The molecule has 3 rings (SSSR count). The molecule has 0 N–H and O–H groups in total. The maximum Gasteiger partial charge on any atom is 0.253 e. The maximum atomic E-state index is 12.7. The van der Waals surface area contributed by atoms with Crippen LogP contribution in [0.4, 0.5) is 5.82 Å². The Morgan fingerprint density at radius 1 is 1.04 bits per heavy atom. The minimum absolute atomic E-state index is 0.0753. The molecule has 0 atom stereocenters. The zero-order valence-corrected chi connectivity index (χ0v) is 14.5. The van der Waals surface area contributed by atoms with Crippen molar-refractivity contribution in [1.82, 2.24) is 9.88 Å². The molecular weight excluding hydrogens is 297 g/mol. The summed E-state index contributed by atoms with van der Waals surface area (Å²) in [5.41, 5.74) is 4.73. The van der Waals surface area contributed by atoms with E-state index in [2.05, 4.69) is 29.8 Å². The van der Waals surface area contributed by atoms with Crippen LogP contribution in [0, 0.1) is 20.8 Å². The minimum Gasteiger partial charge on any atom is -0.353 e. The van der Waals surface area contributed by atoms with Gasteiger partial charge in [0.15, 0.2) is 0 Å². The highest BCUT2D eigenvalue weighted by molar-refractivity contribution is 6.33. The van der Waals surface area contributed by atoms with Crippen molar-refractivity contribution in [2.75, 3.05) is 31.1 Å². The van der Waals surface area contributed by atoms with Crippen molar-refractivity contribution in [3.05, 3.63) is 52.7 Å². The number of rotatable bonds is 2. The number of hydrogen-bond donors (Lipinski definition) is 0. The van der Waals surface area contributed by atoms with Crippen LogP contribution < -0.4 is 10.4 Å². The fourth-order valence-electron chi connectivity index (χ4n) is 3.15. The largest absolute Gasteiger partial charge is 0.353 e. The number of hydrogen-bond acceptors (Lipinski definition) is 3. The number of pyridine rings is 1. The standard InChI is InChI=1S/C19H22BN3O/c1-13-10-15(3)18(21-12-13)22-6-8-23(9-7-22)19(24)16-4-5-17(20)14(2)11-16/h4-5,10-12H,6-9H2,1-3H3. The molecule has 0 aliphatic carbocycles. The number of carbonyl (C=O) groups is 1. The lowest BCUT2D eigenvalue weighted by molar-refractivity contribution is 0.0746. The second-order valence-electron chi connectivity index (χ2n) is 6.50. The minimum atomic E-state index is 0.0753. The predicted octanol–water partition coefficient (Wildman–Crippen LogP) is 1.76. The normalized spacial score (nSPS) is 14.8. The Kier molecular flexibility index (Phi) is 4.61. The number of nitrogens with zero attached hydrogens (tertiary/aromatic N) is 3. The molecule has 1 aromatic heterocycles. The highest BCUT2D eigenvalue weighted by Gasteiger charge is 2.23. The summed E-state index contributed by atoms with van der Waals surface area (Å²) in [5, 5.41) is 0. The van der Waals surface area contributed by atoms with E-state index in [1.165, 1.54) is 11.1 Å². The Morgan fingerprint density at radius 3 is 2.38 bits per heavy atom. The molecule has 1 fully saturated rings. The van der Waals surface area contributed by atoms with Crippen molar-refractivity contribution in [2.45, 2.75) is 20.8 Å². The van der Waals surface area contributed by atoms with E-state index in [9.17, 15) is 4.79 Å². The first kappa shape index (κ1) is 16.6. The molecule has 2 radical (unpaired) electrons. The molecule has 1 amide bonds. The summed E-state index contributed by atoms with van der Waals surface area (Å²) in [6.45, 7) is 9.08. The van der Waals surface area contributed by atoms with Crippen LogP contribution in [0.2, 0.25) is 0 Å². The first-order valence-corrected chi connectivity index (χ1v) is 8.29. The molecule has 5 heteroatoms. The van der Waals surface area contributed by atoms with Gasteiger partial charge in [-0.25, -0.2) is 4.98 Å². The van der Waals surface area contributed by atoms with Gasteiger partial charge in [-0.2, -0.15) is 0 Å². The summed E-state index contributed by atoms with van der Waals surface area (Å²) in [4.78, 5) is 21.4. The Hall–Kier alpha value is -2.30. The van der Waals surface area contributed by atoms with E-state index in [0.29, 0.717) is 18.7 Å². The van der Waals surface area contributed by atoms with Gasteiger partial charge in [0.25, 0.3) is 5.91 Å². The lowest BCUT2D eigenvalue weighted by atomic mass is 9.90. The third kappa shape index (κ3) is 3.30. The van der Waals surface area contributed by atoms with E-state index in [-0.39, 0.29) is 5.91 Å². The Balaban J connectivity index is 1.68.